The Labute approximate surface area is 228 Å². The minimum Gasteiger partial charge on any atom is -0.404 e. The SMILES string of the molecule is O=C(c1cn(CCCF)c2c(OC(F)(F)F)cccc12)N1CCC(c2cc(CNC(=O)C(F)(F)F)ccc2F)CC1. The van der Waals surface area contributed by atoms with Gasteiger partial charge in [0.25, 0.3) is 5.91 Å². The van der Waals surface area contributed by atoms with Crippen LogP contribution in [0.4, 0.5) is 35.1 Å². The summed E-state index contributed by atoms with van der Waals surface area (Å²) in [7, 11) is 0. The number of benzene rings is 2. The van der Waals surface area contributed by atoms with Crippen molar-refractivity contribution in [2.75, 3.05) is 19.8 Å². The number of carbonyl (C=O) groups is 2. The zero-order valence-electron chi connectivity index (χ0n) is 21.4. The second-order valence-corrected chi connectivity index (χ2v) is 9.58. The Morgan fingerprint density at radius 3 is 2.37 bits per heavy atom. The molecule has 6 nitrogen and oxygen atoms in total. The van der Waals surface area contributed by atoms with Gasteiger partial charge in [-0.3, -0.25) is 14.0 Å². The van der Waals surface area contributed by atoms with Gasteiger partial charge in [0.05, 0.1) is 17.8 Å². The molecule has 0 spiro atoms. The van der Waals surface area contributed by atoms with Gasteiger partial charge in [-0.05, 0) is 48.4 Å². The van der Waals surface area contributed by atoms with Crippen LogP contribution in [0.5, 0.6) is 5.75 Å². The van der Waals surface area contributed by atoms with E-state index in [4.69, 9.17) is 0 Å². The number of aromatic nitrogens is 1. The minimum absolute atomic E-state index is 0.00742. The standard InChI is InChI=1S/C27H25F8N3O3/c28-9-2-10-38-15-20(18-3-1-4-22(23(18)38)41-27(33,34)35)24(39)37-11-7-17(8-12-37)19-13-16(5-6-21(19)29)14-36-25(40)26(30,31)32/h1,3-6,13,15,17H,2,7-12,14H2,(H,36,40). The Bertz CT molecular complexity index is 1410. The predicted octanol–water partition coefficient (Wildman–Crippen LogP) is 6.24. The van der Waals surface area contributed by atoms with Crippen LogP contribution in [0.3, 0.4) is 0 Å². The maximum Gasteiger partial charge on any atom is 0.573 e. The summed E-state index contributed by atoms with van der Waals surface area (Å²) < 4.78 is 109. The smallest absolute Gasteiger partial charge is 0.404 e. The van der Waals surface area contributed by atoms with Crippen LogP contribution < -0.4 is 10.1 Å². The molecule has 2 aromatic carbocycles. The largest absolute Gasteiger partial charge is 0.573 e. The van der Waals surface area contributed by atoms with Gasteiger partial charge in [0.1, 0.15) is 5.82 Å². The average Bonchev–Trinajstić information content (AvgIpc) is 3.29. The average molecular weight is 591 g/mol. The number of carbonyl (C=O) groups excluding carboxylic acids is 2. The monoisotopic (exact) mass is 591 g/mol. The van der Waals surface area contributed by atoms with Gasteiger partial charge >= 0.3 is 18.4 Å². The van der Waals surface area contributed by atoms with E-state index in [1.807, 2.05) is 0 Å². The molecule has 3 aromatic rings. The molecule has 1 aliphatic heterocycles. The van der Waals surface area contributed by atoms with Crippen molar-refractivity contribution in [3.63, 3.8) is 0 Å². The van der Waals surface area contributed by atoms with Crippen molar-refractivity contribution < 1.29 is 49.4 Å². The molecular formula is C27H25F8N3O3. The summed E-state index contributed by atoms with van der Waals surface area (Å²) in [5.74, 6) is -4.05. The maximum atomic E-state index is 14.6. The molecule has 1 saturated heterocycles. The number of nitrogens with zero attached hydrogens (tertiary/aromatic N) is 2. The molecule has 1 N–H and O–H groups in total. The van der Waals surface area contributed by atoms with Crippen LogP contribution in [-0.2, 0) is 17.9 Å². The lowest BCUT2D eigenvalue weighted by molar-refractivity contribution is -0.274. The van der Waals surface area contributed by atoms with Gasteiger partial charge in [-0.15, -0.1) is 13.2 Å². The first-order chi connectivity index (χ1) is 19.3. The third kappa shape index (κ3) is 7.09. The van der Waals surface area contributed by atoms with Gasteiger partial charge < -0.3 is 19.5 Å². The number of halogens is 8. The van der Waals surface area contributed by atoms with Crippen LogP contribution in [-0.4, -0.2) is 53.6 Å². The quantitative estimate of drug-likeness (QED) is 0.316. The number of para-hydroxylation sites is 1. The van der Waals surface area contributed by atoms with Crippen molar-refractivity contribution in [1.29, 1.82) is 0 Å². The van der Waals surface area contributed by atoms with E-state index in [9.17, 15) is 44.7 Å². The van der Waals surface area contributed by atoms with E-state index in [-0.39, 0.29) is 59.6 Å². The van der Waals surface area contributed by atoms with E-state index >= 15 is 0 Å². The van der Waals surface area contributed by atoms with Gasteiger partial charge in [-0.25, -0.2) is 4.39 Å². The van der Waals surface area contributed by atoms with Crippen molar-refractivity contribution in [3.05, 3.63) is 65.1 Å². The fraction of sp³-hybridized carbons (Fsp3) is 0.407. The molecule has 1 aliphatic rings. The number of hydrogen-bond acceptors (Lipinski definition) is 3. The number of amides is 2. The first-order valence-electron chi connectivity index (χ1n) is 12.6. The maximum absolute atomic E-state index is 14.6. The summed E-state index contributed by atoms with van der Waals surface area (Å²) in [6, 6.07) is 7.66. The highest BCUT2D eigenvalue weighted by Crippen LogP contribution is 2.36. The molecule has 4 rings (SSSR count). The molecule has 14 heteroatoms. The number of rotatable bonds is 8. The van der Waals surface area contributed by atoms with Crippen LogP contribution in [0.25, 0.3) is 10.9 Å². The number of likely N-dealkylation sites (tertiary alicyclic amines) is 1. The molecule has 0 radical (unpaired) electrons. The van der Waals surface area contributed by atoms with Crippen molar-refractivity contribution >= 4 is 22.7 Å². The summed E-state index contributed by atoms with van der Waals surface area (Å²) in [5.41, 5.74) is 0.634. The van der Waals surface area contributed by atoms with Crippen LogP contribution in [0.2, 0.25) is 0 Å². The number of ether oxygens (including phenoxy) is 1. The van der Waals surface area contributed by atoms with E-state index in [1.54, 1.807) is 5.32 Å². The molecule has 2 heterocycles. The van der Waals surface area contributed by atoms with Gasteiger partial charge in [0.2, 0.25) is 0 Å². The highest BCUT2D eigenvalue weighted by Gasteiger charge is 2.38. The first kappa shape index (κ1) is 30.1. The van der Waals surface area contributed by atoms with Crippen LogP contribution in [0.1, 0.15) is 46.7 Å². The summed E-state index contributed by atoms with van der Waals surface area (Å²) >= 11 is 0. The van der Waals surface area contributed by atoms with Crippen LogP contribution in [0, 0.1) is 5.82 Å². The Kier molecular flexibility index (Phi) is 8.78. The number of alkyl halides is 7. The molecule has 222 valence electrons. The number of nitrogens with one attached hydrogen (secondary N) is 1. The van der Waals surface area contributed by atoms with Crippen molar-refractivity contribution in [3.8, 4) is 5.75 Å². The number of aryl methyl sites for hydroxylation is 1. The molecule has 1 aromatic heterocycles. The lowest BCUT2D eigenvalue weighted by atomic mass is 9.88. The zero-order valence-corrected chi connectivity index (χ0v) is 21.4. The molecular weight excluding hydrogens is 566 g/mol. The summed E-state index contributed by atoms with van der Waals surface area (Å²) in [6.45, 7) is -0.804. The number of piperidine rings is 1. The molecule has 0 saturated carbocycles. The Balaban J connectivity index is 1.51. The van der Waals surface area contributed by atoms with Gasteiger partial charge in [-0.1, -0.05) is 24.3 Å². The van der Waals surface area contributed by atoms with Crippen molar-refractivity contribution in [2.45, 2.75) is 50.8 Å². The normalized spacial score (nSPS) is 14.9. The zero-order chi connectivity index (χ0) is 29.9. The van der Waals surface area contributed by atoms with Crippen molar-refractivity contribution in [2.24, 2.45) is 0 Å². The van der Waals surface area contributed by atoms with E-state index in [1.165, 1.54) is 39.9 Å². The lowest BCUT2D eigenvalue weighted by Gasteiger charge is -2.32. The summed E-state index contributed by atoms with van der Waals surface area (Å²) in [4.78, 5) is 26.0. The summed E-state index contributed by atoms with van der Waals surface area (Å²) in [5, 5.41) is 1.95. The molecule has 2 amide bonds. The van der Waals surface area contributed by atoms with Crippen LogP contribution >= 0.6 is 0 Å². The highest BCUT2D eigenvalue weighted by molar-refractivity contribution is 6.08. The third-order valence-corrected chi connectivity index (χ3v) is 6.84. The minimum atomic E-state index is -5.05. The Morgan fingerprint density at radius 2 is 1.73 bits per heavy atom. The van der Waals surface area contributed by atoms with Gasteiger partial charge in [-0.2, -0.15) is 13.2 Å². The fourth-order valence-corrected chi connectivity index (χ4v) is 4.97. The molecule has 1 fully saturated rings. The predicted molar refractivity (Wildman–Crippen MR) is 131 cm³/mol. The second-order valence-electron chi connectivity index (χ2n) is 9.58. The van der Waals surface area contributed by atoms with Gasteiger partial charge in [0.15, 0.2) is 5.75 Å². The molecule has 0 bridgehead atoms. The molecule has 0 unspecified atom stereocenters. The molecule has 41 heavy (non-hydrogen) atoms. The van der Waals surface area contributed by atoms with Crippen LogP contribution in [0.15, 0.2) is 42.6 Å². The van der Waals surface area contributed by atoms with Gasteiger partial charge in [0, 0.05) is 37.8 Å². The summed E-state index contributed by atoms with van der Waals surface area (Å²) in [6.07, 6.45) is -8.03. The number of fused-ring (bicyclic) bond motifs is 1. The Hall–Kier alpha value is -3.84. The third-order valence-electron chi connectivity index (χ3n) is 6.84. The number of hydrogen-bond donors (Lipinski definition) is 1. The van der Waals surface area contributed by atoms with E-state index in [0.717, 1.165) is 12.1 Å². The Morgan fingerprint density at radius 1 is 1.02 bits per heavy atom. The van der Waals surface area contributed by atoms with Crippen molar-refractivity contribution in [1.82, 2.24) is 14.8 Å². The second kappa shape index (κ2) is 12.0. The first-order valence-corrected chi connectivity index (χ1v) is 12.6. The fourth-order valence-electron chi connectivity index (χ4n) is 4.97. The molecule has 0 aliphatic carbocycles. The lowest BCUT2D eigenvalue weighted by Crippen LogP contribution is -2.38. The van der Waals surface area contributed by atoms with E-state index < -0.39 is 49.1 Å². The van der Waals surface area contributed by atoms with E-state index in [0.29, 0.717) is 12.8 Å². The highest BCUT2D eigenvalue weighted by atomic mass is 19.4. The molecule has 0 atom stereocenters. The van der Waals surface area contributed by atoms with E-state index in [2.05, 4.69) is 4.74 Å². The topological polar surface area (TPSA) is 63.6 Å².